The van der Waals surface area contributed by atoms with Crippen molar-refractivity contribution in [2.24, 2.45) is 0 Å². The molecule has 0 saturated heterocycles. The van der Waals surface area contributed by atoms with E-state index in [0.29, 0.717) is 5.82 Å². The zero-order valence-electron chi connectivity index (χ0n) is 11.2. The van der Waals surface area contributed by atoms with Gasteiger partial charge in [0.15, 0.2) is 0 Å². The maximum atomic E-state index is 5.98. The third-order valence-electron chi connectivity index (χ3n) is 2.92. The van der Waals surface area contributed by atoms with E-state index in [1.807, 2.05) is 24.8 Å². The van der Waals surface area contributed by atoms with Gasteiger partial charge in [0.05, 0.1) is 12.2 Å². The van der Waals surface area contributed by atoms with Gasteiger partial charge in [-0.1, -0.05) is 29.8 Å². The van der Waals surface area contributed by atoms with Crippen LogP contribution in [-0.2, 0) is 6.54 Å². The molecule has 4 heteroatoms. The minimum Gasteiger partial charge on any atom is -0.384 e. The average Bonchev–Trinajstić information content (AvgIpc) is 2.69. The molecule has 2 N–H and O–H groups in total. The van der Waals surface area contributed by atoms with Gasteiger partial charge in [-0.25, -0.2) is 4.68 Å². The van der Waals surface area contributed by atoms with Crippen LogP contribution < -0.4 is 5.73 Å². The Hall–Kier alpha value is -1.81. The summed E-state index contributed by atoms with van der Waals surface area (Å²) in [5, 5.41) is 4.55. The van der Waals surface area contributed by atoms with Crippen molar-refractivity contribution in [1.82, 2.24) is 14.7 Å². The van der Waals surface area contributed by atoms with Crippen molar-refractivity contribution in [3.8, 4) is 11.3 Å². The second-order valence-electron chi connectivity index (χ2n) is 4.85. The number of rotatable bonds is 4. The molecule has 1 heterocycles. The molecule has 0 fully saturated rings. The summed E-state index contributed by atoms with van der Waals surface area (Å²) >= 11 is 0. The highest BCUT2D eigenvalue weighted by molar-refractivity contribution is 5.62. The highest BCUT2D eigenvalue weighted by atomic mass is 15.3. The van der Waals surface area contributed by atoms with Crippen LogP contribution in [0.2, 0.25) is 0 Å². The van der Waals surface area contributed by atoms with Gasteiger partial charge in [0, 0.05) is 18.2 Å². The van der Waals surface area contributed by atoms with E-state index in [0.717, 1.165) is 24.3 Å². The summed E-state index contributed by atoms with van der Waals surface area (Å²) in [6.07, 6.45) is 0. The van der Waals surface area contributed by atoms with Crippen LogP contribution in [-0.4, -0.2) is 35.3 Å². The first kappa shape index (κ1) is 12.6. The monoisotopic (exact) mass is 244 g/mol. The van der Waals surface area contributed by atoms with E-state index >= 15 is 0 Å². The molecule has 0 saturated carbocycles. The summed E-state index contributed by atoms with van der Waals surface area (Å²) in [6.45, 7) is 3.82. The van der Waals surface area contributed by atoms with E-state index in [9.17, 15) is 0 Å². The van der Waals surface area contributed by atoms with Crippen LogP contribution in [0, 0.1) is 6.92 Å². The lowest BCUT2D eigenvalue weighted by molar-refractivity contribution is 0.375. The molecule has 0 amide bonds. The number of anilines is 1. The normalized spacial score (nSPS) is 11.1. The van der Waals surface area contributed by atoms with Crippen molar-refractivity contribution in [2.75, 3.05) is 26.4 Å². The standard InChI is InChI=1S/C14H20N4/c1-11-4-6-12(7-5-11)13-10-14(15)18(16-13)9-8-17(2)3/h4-7,10H,8-9,15H2,1-3H3. The SMILES string of the molecule is Cc1ccc(-c2cc(N)n(CCN(C)C)n2)cc1. The Morgan fingerprint density at radius 2 is 1.89 bits per heavy atom. The van der Waals surface area contributed by atoms with Gasteiger partial charge in [0.25, 0.3) is 0 Å². The maximum absolute atomic E-state index is 5.98. The second-order valence-corrected chi connectivity index (χ2v) is 4.85. The molecule has 0 aliphatic rings. The van der Waals surface area contributed by atoms with Gasteiger partial charge in [-0.15, -0.1) is 0 Å². The van der Waals surface area contributed by atoms with Crippen LogP contribution in [0.1, 0.15) is 5.56 Å². The number of hydrogen-bond donors (Lipinski definition) is 1. The maximum Gasteiger partial charge on any atom is 0.122 e. The van der Waals surface area contributed by atoms with E-state index in [4.69, 9.17) is 5.73 Å². The lowest BCUT2D eigenvalue weighted by Gasteiger charge is -2.09. The van der Waals surface area contributed by atoms with Gasteiger partial charge < -0.3 is 10.6 Å². The van der Waals surface area contributed by atoms with Crippen LogP contribution in [0.15, 0.2) is 30.3 Å². The fourth-order valence-corrected chi connectivity index (χ4v) is 1.77. The minimum atomic E-state index is 0.715. The molecule has 0 spiro atoms. The summed E-state index contributed by atoms with van der Waals surface area (Å²) in [4.78, 5) is 2.12. The molecule has 1 aromatic heterocycles. The molecule has 96 valence electrons. The molecule has 4 nitrogen and oxygen atoms in total. The van der Waals surface area contributed by atoms with E-state index < -0.39 is 0 Å². The number of likely N-dealkylation sites (N-methyl/N-ethyl adjacent to an activating group) is 1. The fourth-order valence-electron chi connectivity index (χ4n) is 1.77. The van der Waals surface area contributed by atoms with Crippen LogP contribution in [0.4, 0.5) is 5.82 Å². The average molecular weight is 244 g/mol. The Balaban J connectivity index is 2.20. The van der Waals surface area contributed by atoms with Crippen LogP contribution in [0.5, 0.6) is 0 Å². The lowest BCUT2D eigenvalue weighted by atomic mass is 10.1. The largest absolute Gasteiger partial charge is 0.384 e. The molecule has 1 aromatic carbocycles. The molecule has 0 aliphatic heterocycles. The number of aromatic nitrogens is 2. The van der Waals surface area contributed by atoms with Gasteiger partial charge >= 0.3 is 0 Å². The van der Waals surface area contributed by atoms with Gasteiger partial charge in [-0.2, -0.15) is 5.10 Å². The fraction of sp³-hybridized carbons (Fsp3) is 0.357. The highest BCUT2D eigenvalue weighted by Gasteiger charge is 2.07. The molecule has 18 heavy (non-hydrogen) atoms. The number of hydrogen-bond acceptors (Lipinski definition) is 3. The first-order valence-electron chi connectivity index (χ1n) is 6.11. The number of nitrogens with zero attached hydrogens (tertiary/aromatic N) is 3. The highest BCUT2D eigenvalue weighted by Crippen LogP contribution is 2.20. The molecular weight excluding hydrogens is 224 g/mol. The summed E-state index contributed by atoms with van der Waals surface area (Å²) in [5.41, 5.74) is 9.27. The molecule has 2 rings (SSSR count). The second kappa shape index (κ2) is 5.23. The first-order valence-corrected chi connectivity index (χ1v) is 6.11. The molecule has 0 atom stereocenters. The minimum absolute atomic E-state index is 0.715. The number of nitrogen functional groups attached to an aromatic ring is 1. The quantitative estimate of drug-likeness (QED) is 0.895. The summed E-state index contributed by atoms with van der Waals surface area (Å²) in [7, 11) is 4.08. The van der Waals surface area contributed by atoms with Crippen molar-refractivity contribution in [3.63, 3.8) is 0 Å². The van der Waals surface area contributed by atoms with E-state index in [1.54, 1.807) is 0 Å². The van der Waals surface area contributed by atoms with E-state index in [-0.39, 0.29) is 0 Å². The number of aryl methyl sites for hydroxylation is 1. The van der Waals surface area contributed by atoms with Gasteiger partial charge in [0.1, 0.15) is 5.82 Å². The third-order valence-corrected chi connectivity index (χ3v) is 2.92. The molecule has 0 unspecified atom stereocenters. The third kappa shape index (κ3) is 2.90. The predicted octanol–water partition coefficient (Wildman–Crippen LogP) is 2.00. The predicted molar refractivity (Wildman–Crippen MR) is 75.4 cm³/mol. The zero-order valence-corrected chi connectivity index (χ0v) is 11.2. The topological polar surface area (TPSA) is 47.1 Å². The summed E-state index contributed by atoms with van der Waals surface area (Å²) < 4.78 is 1.86. The molecule has 0 radical (unpaired) electrons. The lowest BCUT2D eigenvalue weighted by Crippen LogP contribution is -2.19. The van der Waals surface area contributed by atoms with Crippen molar-refractivity contribution in [2.45, 2.75) is 13.5 Å². The molecule has 0 bridgehead atoms. The van der Waals surface area contributed by atoms with Crippen molar-refractivity contribution in [3.05, 3.63) is 35.9 Å². The number of nitrogens with two attached hydrogens (primary N) is 1. The Bertz CT molecular complexity index is 511. The van der Waals surface area contributed by atoms with E-state index in [1.165, 1.54) is 5.56 Å². The van der Waals surface area contributed by atoms with Crippen molar-refractivity contribution in [1.29, 1.82) is 0 Å². The molecule has 0 aliphatic carbocycles. The van der Waals surface area contributed by atoms with Gasteiger partial charge in [-0.3, -0.25) is 0 Å². The smallest absolute Gasteiger partial charge is 0.122 e. The zero-order chi connectivity index (χ0) is 13.1. The van der Waals surface area contributed by atoms with Crippen molar-refractivity contribution < 1.29 is 0 Å². The van der Waals surface area contributed by atoms with E-state index in [2.05, 4.69) is 41.2 Å². The Morgan fingerprint density at radius 3 is 2.50 bits per heavy atom. The van der Waals surface area contributed by atoms with Crippen LogP contribution in [0.25, 0.3) is 11.3 Å². The molecule has 2 aromatic rings. The first-order chi connectivity index (χ1) is 8.56. The summed E-state index contributed by atoms with van der Waals surface area (Å²) in [5.74, 6) is 0.715. The Morgan fingerprint density at radius 1 is 1.22 bits per heavy atom. The molecular formula is C14H20N4. The number of benzene rings is 1. The van der Waals surface area contributed by atoms with Crippen LogP contribution in [0.3, 0.4) is 0 Å². The Kier molecular flexibility index (Phi) is 3.67. The Labute approximate surface area is 108 Å². The summed E-state index contributed by atoms with van der Waals surface area (Å²) in [6, 6.07) is 10.3. The van der Waals surface area contributed by atoms with Gasteiger partial charge in [-0.05, 0) is 21.0 Å². The van der Waals surface area contributed by atoms with Gasteiger partial charge in [0.2, 0.25) is 0 Å². The van der Waals surface area contributed by atoms with Crippen molar-refractivity contribution >= 4 is 5.82 Å². The van der Waals surface area contributed by atoms with Crippen LogP contribution >= 0.6 is 0 Å².